The molecule has 3 rings (SSSR count). The van der Waals surface area contributed by atoms with Crippen LogP contribution in [0, 0.1) is 0 Å². The fourth-order valence-corrected chi connectivity index (χ4v) is 5.17. The monoisotopic (exact) mass is 387 g/mol. The normalized spacial score (nSPS) is 18.2. The van der Waals surface area contributed by atoms with Gasteiger partial charge in [0.15, 0.2) is 0 Å². The van der Waals surface area contributed by atoms with E-state index < -0.39 is 10.0 Å². The molecule has 27 heavy (non-hydrogen) atoms. The van der Waals surface area contributed by atoms with E-state index in [2.05, 4.69) is 10.3 Å². The quantitative estimate of drug-likeness (QED) is 0.826. The van der Waals surface area contributed by atoms with Crippen molar-refractivity contribution < 1.29 is 13.2 Å². The van der Waals surface area contributed by atoms with Crippen LogP contribution in [-0.2, 0) is 16.6 Å². The van der Waals surface area contributed by atoms with Crippen molar-refractivity contribution in [3.8, 4) is 0 Å². The zero-order chi connectivity index (χ0) is 19.3. The molecular formula is C20H25N3O3S. The molecule has 1 saturated heterocycles. The molecule has 1 fully saturated rings. The van der Waals surface area contributed by atoms with Crippen LogP contribution in [-0.4, -0.2) is 36.2 Å². The van der Waals surface area contributed by atoms with Crippen molar-refractivity contribution in [2.45, 2.75) is 50.1 Å². The van der Waals surface area contributed by atoms with Gasteiger partial charge in [-0.3, -0.25) is 9.78 Å². The summed E-state index contributed by atoms with van der Waals surface area (Å²) in [6.45, 7) is 2.96. The van der Waals surface area contributed by atoms with Crippen LogP contribution in [0.3, 0.4) is 0 Å². The van der Waals surface area contributed by atoms with Crippen LogP contribution in [0.2, 0.25) is 0 Å². The lowest BCUT2D eigenvalue weighted by Crippen LogP contribution is -2.43. The van der Waals surface area contributed by atoms with Crippen molar-refractivity contribution in [3.05, 3.63) is 59.9 Å². The van der Waals surface area contributed by atoms with Gasteiger partial charge in [-0.1, -0.05) is 19.4 Å². The molecule has 0 spiro atoms. The fraction of sp³-hybridized carbons (Fsp3) is 0.400. The first-order chi connectivity index (χ1) is 13.0. The Morgan fingerprint density at radius 3 is 2.67 bits per heavy atom. The second-order valence-corrected chi connectivity index (χ2v) is 8.63. The van der Waals surface area contributed by atoms with Crippen LogP contribution in [0.1, 0.15) is 48.5 Å². The molecule has 1 aromatic carbocycles. The van der Waals surface area contributed by atoms with Gasteiger partial charge in [0.2, 0.25) is 10.0 Å². The van der Waals surface area contributed by atoms with Crippen molar-refractivity contribution in [2.75, 3.05) is 6.54 Å². The first kappa shape index (κ1) is 19.5. The Balaban J connectivity index is 1.69. The van der Waals surface area contributed by atoms with Gasteiger partial charge in [0.05, 0.1) is 4.90 Å². The lowest BCUT2D eigenvalue weighted by Gasteiger charge is -2.34. The Bertz CT molecular complexity index is 867. The van der Waals surface area contributed by atoms with Crippen molar-refractivity contribution in [3.63, 3.8) is 0 Å². The van der Waals surface area contributed by atoms with Crippen molar-refractivity contribution >= 4 is 15.9 Å². The summed E-state index contributed by atoms with van der Waals surface area (Å²) >= 11 is 0. The molecule has 1 atom stereocenters. The highest BCUT2D eigenvalue weighted by Gasteiger charge is 2.32. The summed E-state index contributed by atoms with van der Waals surface area (Å²) < 4.78 is 27.6. The van der Waals surface area contributed by atoms with Gasteiger partial charge in [-0.15, -0.1) is 0 Å². The van der Waals surface area contributed by atoms with E-state index in [1.807, 2.05) is 19.1 Å². The van der Waals surface area contributed by atoms with E-state index in [1.165, 1.54) is 12.1 Å². The highest BCUT2D eigenvalue weighted by molar-refractivity contribution is 7.89. The number of nitrogens with zero attached hydrogens (tertiary/aromatic N) is 2. The van der Waals surface area contributed by atoms with Crippen molar-refractivity contribution in [1.29, 1.82) is 0 Å². The maximum atomic E-state index is 13.0. The van der Waals surface area contributed by atoms with Crippen LogP contribution in [0.5, 0.6) is 0 Å². The molecule has 6 nitrogen and oxygen atoms in total. The predicted octanol–water partition coefficient (Wildman–Crippen LogP) is 2.96. The Hall–Kier alpha value is -2.25. The molecule has 1 aliphatic heterocycles. The first-order valence-electron chi connectivity index (χ1n) is 9.31. The first-order valence-corrected chi connectivity index (χ1v) is 10.8. The van der Waals surface area contributed by atoms with E-state index in [1.54, 1.807) is 28.8 Å². The summed E-state index contributed by atoms with van der Waals surface area (Å²) in [5.74, 6) is -0.243. The molecule has 1 aliphatic rings. The number of carbonyl (C=O) groups excluding carboxylic acids is 1. The second-order valence-electron chi connectivity index (χ2n) is 6.74. The molecule has 0 saturated carbocycles. The van der Waals surface area contributed by atoms with Gasteiger partial charge in [0, 0.05) is 37.1 Å². The number of amides is 1. The van der Waals surface area contributed by atoms with E-state index in [4.69, 9.17) is 0 Å². The SMILES string of the molecule is CCC1CCCCN1S(=O)(=O)c1ccc(C(=O)NCc2cccnc2)cc1. The average Bonchev–Trinajstić information content (AvgIpc) is 2.72. The summed E-state index contributed by atoms with van der Waals surface area (Å²) in [5, 5.41) is 2.81. The number of hydrogen-bond donors (Lipinski definition) is 1. The van der Waals surface area contributed by atoms with Gasteiger partial charge in [0.1, 0.15) is 0 Å². The minimum absolute atomic E-state index is 0.0613. The van der Waals surface area contributed by atoms with Crippen LogP contribution in [0.15, 0.2) is 53.7 Å². The highest BCUT2D eigenvalue weighted by Crippen LogP contribution is 2.27. The Labute approximate surface area is 160 Å². The molecule has 1 aromatic heterocycles. The minimum atomic E-state index is -3.53. The van der Waals surface area contributed by atoms with E-state index >= 15 is 0 Å². The molecule has 1 unspecified atom stereocenters. The summed E-state index contributed by atoms with van der Waals surface area (Å²) in [4.78, 5) is 16.5. The molecule has 7 heteroatoms. The summed E-state index contributed by atoms with van der Waals surface area (Å²) in [6, 6.07) is 9.93. The minimum Gasteiger partial charge on any atom is -0.348 e. The van der Waals surface area contributed by atoms with E-state index in [0.717, 1.165) is 31.2 Å². The Kier molecular flexibility index (Phi) is 6.23. The average molecular weight is 388 g/mol. The molecule has 144 valence electrons. The van der Waals surface area contributed by atoms with Crippen LogP contribution in [0.4, 0.5) is 0 Å². The van der Waals surface area contributed by atoms with E-state index in [9.17, 15) is 13.2 Å². The van der Waals surface area contributed by atoms with Gasteiger partial charge >= 0.3 is 0 Å². The van der Waals surface area contributed by atoms with Gasteiger partial charge in [0.25, 0.3) is 5.91 Å². The number of aromatic nitrogens is 1. The maximum absolute atomic E-state index is 13.0. The van der Waals surface area contributed by atoms with Crippen molar-refractivity contribution in [2.24, 2.45) is 0 Å². The number of carbonyl (C=O) groups is 1. The molecule has 0 aliphatic carbocycles. The number of rotatable bonds is 6. The standard InChI is InChI=1S/C20H25N3O3S/c1-2-18-7-3-4-13-23(18)27(25,26)19-10-8-17(9-11-19)20(24)22-15-16-6-5-12-21-14-16/h5-6,8-12,14,18H,2-4,7,13,15H2,1H3,(H,22,24). The molecule has 2 aromatic rings. The number of nitrogens with one attached hydrogen (secondary N) is 1. The zero-order valence-electron chi connectivity index (χ0n) is 15.5. The van der Waals surface area contributed by atoms with E-state index in [-0.39, 0.29) is 16.8 Å². The maximum Gasteiger partial charge on any atom is 0.251 e. The number of pyridine rings is 1. The topological polar surface area (TPSA) is 79.4 Å². The molecule has 1 amide bonds. The van der Waals surface area contributed by atoms with Gasteiger partial charge in [-0.25, -0.2) is 8.42 Å². The fourth-order valence-electron chi connectivity index (χ4n) is 3.40. The van der Waals surface area contributed by atoms with Gasteiger partial charge in [-0.2, -0.15) is 4.31 Å². The third-order valence-corrected chi connectivity index (χ3v) is 6.91. The van der Waals surface area contributed by atoms with Crippen LogP contribution < -0.4 is 5.32 Å². The molecule has 1 N–H and O–H groups in total. The third kappa shape index (κ3) is 4.54. The number of hydrogen-bond acceptors (Lipinski definition) is 4. The van der Waals surface area contributed by atoms with Crippen LogP contribution in [0.25, 0.3) is 0 Å². The summed E-state index contributed by atoms with van der Waals surface area (Å²) in [6.07, 6.45) is 7.05. The largest absolute Gasteiger partial charge is 0.348 e. The van der Waals surface area contributed by atoms with Crippen molar-refractivity contribution in [1.82, 2.24) is 14.6 Å². The number of benzene rings is 1. The Morgan fingerprint density at radius 1 is 1.22 bits per heavy atom. The zero-order valence-corrected chi connectivity index (χ0v) is 16.3. The summed E-state index contributed by atoms with van der Waals surface area (Å²) in [7, 11) is -3.53. The molecule has 0 bridgehead atoms. The predicted molar refractivity (Wildman–Crippen MR) is 104 cm³/mol. The second kappa shape index (κ2) is 8.63. The number of piperidine rings is 1. The summed E-state index contributed by atoms with van der Waals surface area (Å²) in [5.41, 5.74) is 1.34. The van der Waals surface area contributed by atoms with Crippen LogP contribution >= 0.6 is 0 Å². The highest BCUT2D eigenvalue weighted by atomic mass is 32.2. The lowest BCUT2D eigenvalue weighted by atomic mass is 10.0. The smallest absolute Gasteiger partial charge is 0.251 e. The number of sulfonamides is 1. The molecule has 2 heterocycles. The Morgan fingerprint density at radius 2 is 2.00 bits per heavy atom. The third-order valence-electron chi connectivity index (χ3n) is 4.94. The van der Waals surface area contributed by atoms with Gasteiger partial charge in [-0.05, 0) is 55.2 Å². The van der Waals surface area contributed by atoms with E-state index in [0.29, 0.717) is 18.7 Å². The lowest BCUT2D eigenvalue weighted by molar-refractivity contribution is 0.0950. The molecular weight excluding hydrogens is 362 g/mol. The molecule has 0 radical (unpaired) electrons. The van der Waals surface area contributed by atoms with Gasteiger partial charge < -0.3 is 5.32 Å².